The number of hydrogen-bond acceptors (Lipinski definition) is 3. The van der Waals surface area contributed by atoms with Crippen LogP contribution in [0.3, 0.4) is 0 Å². The molecule has 1 aliphatic rings. The van der Waals surface area contributed by atoms with Crippen LogP contribution in [0.2, 0.25) is 0 Å². The summed E-state index contributed by atoms with van der Waals surface area (Å²) in [6.07, 6.45) is 9.45. The molecule has 1 aliphatic heterocycles. The molecule has 2 N–H and O–H groups in total. The second-order valence-corrected chi connectivity index (χ2v) is 6.55. The first-order valence-electron chi connectivity index (χ1n) is 8.72. The fraction of sp³-hybridized carbons (Fsp3) is 0.143. The van der Waals surface area contributed by atoms with Gasteiger partial charge in [-0.2, -0.15) is 5.26 Å². The quantitative estimate of drug-likeness (QED) is 0.543. The minimum Gasteiger partial charge on any atom is -0.361 e. The first-order valence-corrected chi connectivity index (χ1v) is 8.72. The van der Waals surface area contributed by atoms with E-state index < -0.39 is 0 Å². The molecule has 0 saturated heterocycles. The Bertz CT molecular complexity index is 1190. The molecule has 126 valence electrons. The lowest BCUT2D eigenvalue weighted by molar-refractivity contribution is 0.604. The lowest BCUT2D eigenvalue weighted by atomic mass is 10.0. The van der Waals surface area contributed by atoms with Crippen molar-refractivity contribution in [3.63, 3.8) is 0 Å². The Hall–Kier alpha value is -3.36. The molecule has 0 amide bonds. The van der Waals surface area contributed by atoms with Crippen molar-refractivity contribution in [2.75, 3.05) is 6.54 Å². The lowest BCUT2D eigenvalue weighted by Crippen LogP contribution is -2.23. The molecule has 5 nitrogen and oxygen atoms in total. The van der Waals surface area contributed by atoms with E-state index >= 15 is 0 Å². The topological polar surface area (TPSA) is 69.4 Å². The van der Waals surface area contributed by atoms with Gasteiger partial charge < -0.3 is 10.3 Å². The second kappa shape index (κ2) is 5.87. The fourth-order valence-corrected chi connectivity index (χ4v) is 3.66. The molecule has 0 fully saturated rings. The van der Waals surface area contributed by atoms with Crippen LogP contribution in [0.5, 0.6) is 0 Å². The SMILES string of the molecule is N#Cc1ccc2c(c1)ncn2-c1ccc2[nH]cc(C3C=CCCN3)c2c1. The predicted molar refractivity (Wildman–Crippen MR) is 102 cm³/mol. The number of nitrogens with zero attached hydrogens (tertiary/aromatic N) is 3. The minimum atomic E-state index is 0.241. The van der Waals surface area contributed by atoms with Crippen LogP contribution < -0.4 is 5.32 Å². The van der Waals surface area contributed by atoms with Gasteiger partial charge >= 0.3 is 0 Å². The van der Waals surface area contributed by atoms with Gasteiger partial charge in [0.2, 0.25) is 0 Å². The molecular formula is C21H17N5. The van der Waals surface area contributed by atoms with Gasteiger partial charge in [-0.1, -0.05) is 12.2 Å². The monoisotopic (exact) mass is 339 g/mol. The Morgan fingerprint density at radius 2 is 2.15 bits per heavy atom. The van der Waals surface area contributed by atoms with Gasteiger partial charge in [0.05, 0.1) is 28.7 Å². The highest BCUT2D eigenvalue weighted by molar-refractivity contribution is 5.87. The van der Waals surface area contributed by atoms with E-state index in [0.717, 1.165) is 35.2 Å². The van der Waals surface area contributed by atoms with Crippen molar-refractivity contribution in [2.45, 2.75) is 12.5 Å². The van der Waals surface area contributed by atoms with E-state index in [4.69, 9.17) is 5.26 Å². The summed E-state index contributed by atoms with van der Waals surface area (Å²) in [6.45, 7) is 1.00. The van der Waals surface area contributed by atoms with E-state index in [9.17, 15) is 0 Å². The summed E-state index contributed by atoms with van der Waals surface area (Å²) in [5.41, 5.74) is 5.90. The number of rotatable bonds is 2. The van der Waals surface area contributed by atoms with Gasteiger partial charge in [0.1, 0.15) is 6.33 Å². The molecule has 1 atom stereocenters. The lowest BCUT2D eigenvalue weighted by Gasteiger charge is -2.18. The van der Waals surface area contributed by atoms with E-state index in [-0.39, 0.29) is 6.04 Å². The van der Waals surface area contributed by atoms with E-state index in [1.54, 1.807) is 0 Å². The maximum atomic E-state index is 9.07. The third-order valence-electron chi connectivity index (χ3n) is 4.99. The number of aromatic nitrogens is 3. The zero-order valence-electron chi connectivity index (χ0n) is 14.1. The zero-order valence-corrected chi connectivity index (χ0v) is 14.1. The summed E-state index contributed by atoms with van der Waals surface area (Å²) in [7, 11) is 0. The Balaban J connectivity index is 1.65. The highest BCUT2D eigenvalue weighted by Crippen LogP contribution is 2.29. The fourth-order valence-electron chi connectivity index (χ4n) is 3.66. The number of aromatic amines is 1. The van der Waals surface area contributed by atoms with Crippen molar-refractivity contribution in [3.8, 4) is 11.8 Å². The summed E-state index contributed by atoms with van der Waals surface area (Å²) in [5, 5.41) is 13.8. The molecule has 2 aromatic heterocycles. The number of fused-ring (bicyclic) bond motifs is 2. The van der Waals surface area contributed by atoms with Crippen molar-refractivity contribution >= 4 is 21.9 Å². The molecule has 0 radical (unpaired) electrons. The average molecular weight is 339 g/mol. The van der Waals surface area contributed by atoms with Gasteiger partial charge in [-0.15, -0.1) is 0 Å². The van der Waals surface area contributed by atoms with Crippen molar-refractivity contribution in [3.05, 3.63) is 72.2 Å². The van der Waals surface area contributed by atoms with Crippen LogP contribution in [0.25, 0.3) is 27.6 Å². The number of imidazole rings is 1. The number of nitrogens with one attached hydrogen (secondary N) is 2. The van der Waals surface area contributed by atoms with Crippen LogP contribution in [0, 0.1) is 11.3 Å². The normalized spacial score (nSPS) is 17.0. The molecular weight excluding hydrogens is 322 g/mol. The van der Waals surface area contributed by atoms with Gasteiger partial charge in [-0.25, -0.2) is 4.98 Å². The summed E-state index contributed by atoms with van der Waals surface area (Å²) in [6, 6.07) is 14.4. The summed E-state index contributed by atoms with van der Waals surface area (Å²) in [5.74, 6) is 0. The molecule has 5 heteroatoms. The molecule has 3 heterocycles. The molecule has 2 aromatic carbocycles. The van der Waals surface area contributed by atoms with Crippen LogP contribution >= 0.6 is 0 Å². The molecule has 0 saturated carbocycles. The number of H-pyrrole nitrogens is 1. The molecule has 0 aliphatic carbocycles. The zero-order chi connectivity index (χ0) is 17.5. The first kappa shape index (κ1) is 14.9. The van der Waals surface area contributed by atoms with Crippen LogP contribution in [0.4, 0.5) is 0 Å². The predicted octanol–water partition coefficient (Wildman–Crippen LogP) is 3.97. The molecule has 26 heavy (non-hydrogen) atoms. The molecule has 0 spiro atoms. The Morgan fingerprint density at radius 1 is 1.19 bits per heavy atom. The number of nitriles is 1. The van der Waals surface area contributed by atoms with Crippen molar-refractivity contribution in [2.24, 2.45) is 0 Å². The molecule has 1 unspecified atom stereocenters. The van der Waals surface area contributed by atoms with Crippen LogP contribution in [0.15, 0.2) is 61.1 Å². The molecule has 4 aromatic rings. The number of benzene rings is 2. The van der Waals surface area contributed by atoms with Crippen LogP contribution in [0.1, 0.15) is 23.6 Å². The van der Waals surface area contributed by atoms with Gasteiger partial charge in [0, 0.05) is 22.8 Å². The van der Waals surface area contributed by atoms with Gasteiger partial charge in [0.15, 0.2) is 0 Å². The summed E-state index contributed by atoms with van der Waals surface area (Å²) in [4.78, 5) is 7.84. The molecule has 5 rings (SSSR count). The summed E-state index contributed by atoms with van der Waals surface area (Å²) < 4.78 is 2.07. The van der Waals surface area contributed by atoms with Gasteiger partial charge in [0.25, 0.3) is 0 Å². The van der Waals surface area contributed by atoms with Crippen molar-refractivity contribution < 1.29 is 0 Å². The maximum Gasteiger partial charge on any atom is 0.100 e. The Morgan fingerprint density at radius 3 is 3.00 bits per heavy atom. The largest absolute Gasteiger partial charge is 0.361 e. The Kier molecular flexibility index (Phi) is 3.37. The van der Waals surface area contributed by atoms with Crippen molar-refractivity contribution in [1.29, 1.82) is 5.26 Å². The maximum absolute atomic E-state index is 9.07. The van der Waals surface area contributed by atoms with Crippen LogP contribution in [-0.2, 0) is 0 Å². The smallest absolute Gasteiger partial charge is 0.100 e. The second-order valence-electron chi connectivity index (χ2n) is 6.55. The Labute approximate surface area is 150 Å². The van der Waals surface area contributed by atoms with Crippen molar-refractivity contribution in [1.82, 2.24) is 19.9 Å². The molecule has 0 bridgehead atoms. The standard InChI is InChI=1S/C21H17N5/c22-11-14-4-7-21-20(9-14)25-13-26(21)15-5-6-19-16(10-15)17(12-24-19)18-3-1-2-8-23-18/h1,3-7,9-10,12-13,18,23-24H,2,8H2. The first-order chi connectivity index (χ1) is 12.8. The highest BCUT2D eigenvalue weighted by Gasteiger charge is 2.15. The third-order valence-corrected chi connectivity index (χ3v) is 4.99. The number of hydrogen-bond donors (Lipinski definition) is 2. The summed E-state index contributed by atoms with van der Waals surface area (Å²) >= 11 is 0. The van der Waals surface area contributed by atoms with Gasteiger partial charge in [-0.05, 0) is 54.9 Å². The minimum absolute atomic E-state index is 0.241. The highest BCUT2D eigenvalue weighted by atomic mass is 15.0. The van der Waals surface area contributed by atoms with Crippen LogP contribution in [-0.4, -0.2) is 21.1 Å². The van der Waals surface area contributed by atoms with E-state index in [0.29, 0.717) is 5.56 Å². The third kappa shape index (κ3) is 2.32. The average Bonchev–Trinajstić information content (AvgIpc) is 3.31. The van der Waals surface area contributed by atoms with E-state index in [1.807, 2.05) is 24.5 Å². The van der Waals surface area contributed by atoms with Gasteiger partial charge in [-0.3, -0.25) is 4.57 Å². The van der Waals surface area contributed by atoms with E-state index in [2.05, 4.69) is 62.5 Å². The van der Waals surface area contributed by atoms with E-state index in [1.165, 1.54) is 10.9 Å².